The molecule has 0 aliphatic heterocycles. The number of rotatable bonds is 9. The lowest BCUT2D eigenvalue weighted by molar-refractivity contribution is 1.14. The first-order chi connectivity index (χ1) is 52.0. The molecule has 9 nitrogen and oxygen atoms in total. The van der Waals surface area contributed by atoms with Crippen molar-refractivity contribution in [3.05, 3.63) is 382 Å². The van der Waals surface area contributed by atoms with Gasteiger partial charge in [0.15, 0.2) is 16.9 Å². The minimum Gasteiger partial charge on any atom is -0.293 e. The fourth-order valence-corrected chi connectivity index (χ4v) is 14.6. The van der Waals surface area contributed by atoms with Gasteiger partial charge in [-0.3, -0.25) is 13.7 Å². The fraction of sp³-hybridized carbons (Fsp3) is 0. The summed E-state index contributed by atoms with van der Waals surface area (Å²) in [4.78, 5) is 30.2. The summed E-state index contributed by atoms with van der Waals surface area (Å²) < 4.78 is 6.64. The summed E-state index contributed by atoms with van der Waals surface area (Å²) in [7, 11) is 0. The predicted octanol–water partition coefficient (Wildman–Crippen LogP) is 24.2. The third kappa shape index (κ3) is 11.6. The maximum absolute atomic E-state index is 5.09. The molecule has 0 bridgehead atoms. The number of aromatic nitrogens is 9. The first-order valence-corrected chi connectivity index (χ1v) is 35.3. The molecule has 6 aromatic heterocycles. The second-order valence-electron chi connectivity index (χ2n) is 26.2. The van der Waals surface area contributed by atoms with Crippen LogP contribution in [0.4, 0.5) is 0 Å². The van der Waals surface area contributed by atoms with Crippen LogP contribution in [-0.4, -0.2) is 43.6 Å². The van der Waals surface area contributed by atoms with Gasteiger partial charge in [-0.1, -0.05) is 273 Å². The zero-order valence-corrected chi connectivity index (χ0v) is 56.9. The van der Waals surface area contributed by atoms with Crippen LogP contribution in [0.15, 0.2) is 382 Å². The zero-order valence-electron chi connectivity index (χ0n) is 56.9. The zero-order chi connectivity index (χ0) is 69.6. The number of benzene rings is 15. The van der Waals surface area contributed by atoms with Crippen LogP contribution in [0, 0.1) is 0 Å². The molecule has 0 atom stereocenters. The lowest BCUT2D eigenvalue weighted by atomic mass is 9.97. The molecule has 0 saturated carbocycles. The maximum Gasteiger partial charge on any atom is 0.165 e. The Morgan fingerprint density at radius 3 is 0.581 bits per heavy atom. The van der Waals surface area contributed by atoms with Gasteiger partial charge in [-0.2, -0.15) is 0 Å². The Labute approximate surface area is 605 Å². The predicted molar refractivity (Wildman–Crippen MR) is 434 cm³/mol. The molecule has 0 saturated heterocycles. The van der Waals surface area contributed by atoms with E-state index >= 15 is 0 Å². The van der Waals surface area contributed by atoms with Crippen molar-refractivity contribution >= 4 is 99.3 Å². The van der Waals surface area contributed by atoms with Gasteiger partial charge < -0.3 is 0 Å². The van der Waals surface area contributed by atoms with Crippen molar-refractivity contribution in [3.63, 3.8) is 0 Å². The molecule has 21 aromatic rings. The van der Waals surface area contributed by atoms with Crippen molar-refractivity contribution in [2.75, 3.05) is 0 Å². The van der Waals surface area contributed by atoms with Gasteiger partial charge in [0.05, 0.1) is 49.7 Å². The van der Waals surface area contributed by atoms with E-state index in [0.29, 0.717) is 0 Å². The Hall–Kier alpha value is -14.3. The van der Waals surface area contributed by atoms with Crippen molar-refractivity contribution in [3.8, 4) is 83.8 Å². The van der Waals surface area contributed by atoms with E-state index in [1.54, 1.807) is 0 Å². The highest BCUT2D eigenvalue weighted by Gasteiger charge is 2.21. The summed E-state index contributed by atoms with van der Waals surface area (Å²) >= 11 is 0. The molecule has 0 spiro atoms. The molecule has 0 N–H and O–H groups in total. The Balaban J connectivity index is 0.000000110. The third-order valence-electron chi connectivity index (χ3n) is 19.8. The summed E-state index contributed by atoms with van der Waals surface area (Å²) in [6, 6.07) is 133. The molecule has 0 aliphatic carbocycles. The van der Waals surface area contributed by atoms with Crippen molar-refractivity contribution < 1.29 is 0 Å². The van der Waals surface area contributed by atoms with Crippen molar-refractivity contribution in [2.45, 2.75) is 0 Å². The minimum absolute atomic E-state index is 0.872. The van der Waals surface area contributed by atoms with Gasteiger partial charge in [-0.15, -0.1) is 0 Å². The molecule has 105 heavy (non-hydrogen) atoms. The highest BCUT2D eigenvalue weighted by molar-refractivity contribution is 6.12. The monoisotopic (exact) mass is 1340 g/mol. The fourth-order valence-electron chi connectivity index (χ4n) is 14.6. The second kappa shape index (κ2) is 26.7. The van der Waals surface area contributed by atoms with Gasteiger partial charge >= 0.3 is 0 Å². The maximum atomic E-state index is 5.09. The molecule has 492 valence electrons. The highest BCUT2D eigenvalue weighted by atomic mass is 15.1. The van der Waals surface area contributed by atoms with Crippen LogP contribution in [0.5, 0.6) is 0 Å². The lowest BCUT2D eigenvalue weighted by Gasteiger charge is -2.08. The molecule has 21 rings (SSSR count). The quantitative estimate of drug-likeness (QED) is 0.143. The lowest BCUT2D eigenvalue weighted by Crippen LogP contribution is -1.96. The normalized spacial score (nSPS) is 11.4. The molecule has 0 radical (unpaired) electrons. The van der Waals surface area contributed by atoms with Crippen LogP contribution in [0.3, 0.4) is 0 Å². The summed E-state index contributed by atoms with van der Waals surface area (Å²) in [6.07, 6.45) is 0. The van der Waals surface area contributed by atoms with Gasteiger partial charge in [-0.05, 0) is 176 Å². The van der Waals surface area contributed by atoms with E-state index in [9.17, 15) is 0 Å². The van der Waals surface area contributed by atoms with Gasteiger partial charge in [0.25, 0.3) is 0 Å². The van der Waals surface area contributed by atoms with E-state index in [1.165, 1.54) is 61.2 Å². The van der Waals surface area contributed by atoms with Crippen LogP contribution in [-0.2, 0) is 0 Å². The molecule has 15 aromatic carbocycles. The van der Waals surface area contributed by atoms with Crippen molar-refractivity contribution in [1.82, 2.24) is 43.6 Å². The average molecular weight is 1340 g/mol. The Kier molecular flexibility index (Phi) is 15.7. The van der Waals surface area contributed by atoms with E-state index < -0.39 is 0 Å². The molecule has 0 amide bonds. The number of para-hydroxylation sites is 9. The number of hydrogen-bond donors (Lipinski definition) is 0. The molecular weight excluding hydrogens is 1280 g/mol. The third-order valence-corrected chi connectivity index (χ3v) is 19.8. The van der Waals surface area contributed by atoms with Gasteiger partial charge in [-0.25, -0.2) is 29.9 Å². The van der Waals surface area contributed by atoms with E-state index in [0.717, 1.165) is 122 Å². The van der Waals surface area contributed by atoms with Crippen LogP contribution in [0.25, 0.3) is 183 Å². The Morgan fingerprint density at radius 1 is 0.152 bits per heavy atom. The highest BCUT2D eigenvalue weighted by Crippen LogP contribution is 2.39. The molecule has 6 heterocycles. The molecule has 0 aliphatic rings. The van der Waals surface area contributed by atoms with Gasteiger partial charge in [0.1, 0.15) is 16.6 Å². The molecule has 9 heteroatoms. The second-order valence-corrected chi connectivity index (χ2v) is 26.2. The summed E-state index contributed by atoms with van der Waals surface area (Å²) in [5, 5.41) is 3.32. The van der Waals surface area contributed by atoms with E-state index in [2.05, 4.69) is 287 Å². The number of fused-ring (bicyclic) bond motifs is 12. The first-order valence-electron chi connectivity index (χ1n) is 35.3. The average Bonchev–Trinajstić information content (AvgIpc) is 1.61. The Bertz CT molecular complexity index is 6760. The SMILES string of the molecule is c1ccc(-c2ccc(-c3ccc(-c4ccc5c(c4)c4nc6ccccc6nc4n5-c4ccccc4)cc3)cc2)cc1.c1ccc(-c2ccc(-c3ccc4c(c3)c3nc5ccccc5nc3n4-c3ccccc3)cc2)cc1.c1ccc(-c2ccc3c(c2)c2nc4ccccc4nc2n3-c2ccccc2)cc1. The van der Waals surface area contributed by atoms with Gasteiger partial charge in [0.2, 0.25) is 0 Å². The van der Waals surface area contributed by atoms with Crippen molar-refractivity contribution in [2.24, 2.45) is 0 Å². The van der Waals surface area contributed by atoms with Crippen molar-refractivity contribution in [1.29, 1.82) is 0 Å². The van der Waals surface area contributed by atoms with E-state index in [4.69, 9.17) is 29.9 Å². The minimum atomic E-state index is 0.872. The Morgan fingerprint density at radius 2 is 0.333 bits per heavy atom. The topological polar surface area (TPSA) is 92.1 Å². The molecular formula is C96H63N9. The number of hydrogen-bond acceptors (Lipinski definition) is 6. The van der Waals surface area contributed by atoms with Crippen LogP contribution in [0.1, 0.15) is 0 Å². The van der Waals surface area contributed by atoms with Crippen LogP contribution in [0.2, 0.25) is 0 Å². The number of nitrogens with zero attached hydrogens (tertiary/aromatic N) is 9. The van der Waals surface area contributed by atoms with E-state index in [1.807, 2.05) is 109 Å². The smallest absolute Gasteiger partial charge is 0.165 e. The van der Waals surface area contributed by atoms with Crippen LogP contribution >= 0.6 is 0 Å². The standard InChI is InChI=1S/C38H25N3.C32H21N3.C26H17N3/c1-3-9-26(10-4-1)27-15-17-28(18-16-27)29-19-21-30(22-20-29)31-23-24-36-33(25-31)37-38(41(36)32-11-5-2-6-12-32)40-35-14-8-7-13-34(35)39-37;1-3-9-22(10-4-1)23-15-17-24(18-16-23)25-19-20-30-27(21-25)31-32(35(30)26-11-5-2-6-12-26)34-29-14-8-7-13-28(29)33-31;1-3-9-18(10-4-1)19-15-16-24-21(17-19)25-26(29(24)20-11-5-2-6-12-20)28-23-14-8-7-13-22(23)27-25/h1-25H;1-21H;1-17H. The largest absolute Gasteiger partial charge is 0.293 e. The summed E-state index contributed by atoms with van der Waals surface area (Å²) in [5.74, 6) is 0. The van der Waals surface area contributed by atoms with E-state index in [-0.39, 0.29) is 0 Å². The first kappa shape index (κ1) is 61.8. The summed E-state index contributed by atoms with van der Waals surface area (Å²) in [6.45, 7) is 0. The summed E-state index contributed by atoms with van der Waals surface area (Å²) in [5.41, 5.74) is 31.7. The molecule has 0 unspecified atom stereocenters. The molecule has 0 fully saturated rings. The van der Waals surface area contributed by atoms with Gasteiger partial charge in [0, 0.05) is 33.2 Å². The van der Waals surface area contributed by atoms with Crippen LogP contribution < -0.4 is 0 Å².